The molecule has 0 rings (SSSR count). The van der Waals surface area contributed by atoms with Crippen LogP contribution in [0, 0.1) is 5.92 Å². The summed E-state index contributed by atoms with van der Waals surface area (Å²) in [7, 11) is 6.42. The smallest absolute Gasteiger partial charge is 0.267 e. The molecule has 0 bridgehead atoms. The summed E-state index contributed by atoms with van der Waals surface area (Å²) < 4.78 is 0.925. The fourth-order valence-corrected chi connectivity index (χ4v) is 1.01. The zero-order valence-corrected chi connectivity index (χ0v) is 10.7. The first kappa shape index (κ1) is 14.2. The summed E-state index contributed by atoms with van der Waals surface area (Å²) in [4.78, 5) is 11.3. The van der Waals surface area contributed by atoms with E-state index in [0.29, 0.717) is 6.54 Å². The molecule has 0 heterocycles. The highest BCUT2D eigenvalue weighted by Crippen LogP contribution is 2.03. The summed E-state index contributed by atoms with van der Waals surface area (Å²) in [6, 6.07) is 0. The van der Waals surface area contributed by atoms with Gasteiger partial charge >= 0.3 is 0 Å². The average molecular weight is 214 g/mol. The summed E-state index contributed by atoms with van der Waals surface area (Å²) >= 11 is 0. The quantitative estimate of drug-likeness (QED) is 0.379. The van der Waals surface area contributed by atoms with E-state index in [2.05, 4.69) is 31.4 Å². The van der Waals surface area contributed by atoms with Crippen molar-refractivity contribution < 1.29 is 9.28 Å². The predicted octanol–water partition coefficient (Wildman–Crippen LogP) is 2.11. The van der Waals surface area contributed by atoms with Crippen LogP contribution in [-0.4, -0.2) is 44.6 Å². The molecule has 88 valence electrons. The first-order valence-electron chi connectivity index (χ1n) is 5.58. The number of quaternary nitrogens is 1. The van der Waals surface area contributed by atoms with Crippen LogP contribution in [0.5, 0.6) is 0 Å². The van der Waals surface area contributed by atoms with Gasteiger partial charge in [-0.3, -0.25) is 4.79 Å². The number of azo groups is 1. The van der Waals surface area contributed by atoms with Crippen LogP contribution < -0.4 is 0 Å². The highest BCUT2D eigenvalue weighted by molar-refractivity contribution is 5.78. The second-order valence-corrected chi connectivity index (χ2v) is 4.98. The number of nitrogens with zero attached hydrogens (tertiary/aromatic N) is 3. The Balaban J connectivity index is 3.68. The second-order valence-electron chi connectivity index (χ2n) is 4.98. The normalized spacial score (nSPS) is 14.5. The molecule has 0 aromatic rings. The van der Waals surface area contributed by atoms with Gasteiger partial charge in [0.1, 0.15) is 0 Å². The standard InChI is InChI=1S/C11H24N3O/c1-6-10(2)11(15)13-12-8-7-9-14(3,4)5/h10H,6-9H2,1-5H3/q+1/b13-12+. The maximum atomic E-state index is 11.3. The Hall–Kier alpha value is -0.770. The molecule has 0 aliphatic carbocycles. The van der Waals surface area contributed by atoms with Crippen molar-refractivity contribution in [1.82, 2.24) is 0 Å². The van der Waals surface area contributed by atoms with E-state index in [0.717, 1.165) is 23.9 Å². The number of amides is 1. The molecule has 15 heavy (non-hydrogen) atoms. The third kappa shape index (κ3) is 8.24. The maximum absolute atomic E-state index is 11.3. The zero-order valence-electron chi connectivity index (χ0n) is 10.7. The fourth-order valence-electron chi connectivity index (χ4n) is 1.01. The van der Waals surface area contributed by atoms with Crippen LogP contribution in [0.15, 0.2) is 10.2 Å². The molecule has 4 nitrogen and oxygen atoms in total. The summed E-state index contributed by atoms with van der Waals surface area (Å²) in [5, 5.41) is 7.60. The topological polar surface area (TPSA) is 41.8 Å². The second kappa shape index (κ2) is 6.67. The third-order valence-electron chi connectivity index (χ3n) is 2.29. The molecule has 0 aliphatic rings. The lowest BCUT2D eigenvalue weighted by molar-refractivity contribution is -0.870. The van der Waals surface area contributed by atoms with Gasteiger partial charge in [-0.1, -0.05) is 13.8 Å². The molecular formula is C11H24N3O+. The number of rotatable bonds is 6. The van der Waals surface area contributed by atoms with Crippen LogP contribution in [0.2, 0.25) is 0 Å². The van der Waals surface area contributed by atoms with E-state index >= 15 is 0 Å². The molecule has 1 atom stereocenters. The van der Waals surface area contributed by atoms with Crippen LogP contribution in [0.4, 0.5) is 0 Å². The minimum absolute atomic E-state index is 0.00662. The molecule has 0 fully saturated rings. The third-order valence-corrected chi connectivity index (χ3v) is 2.29. The Kier molecular flexibility index (Phi) is 6.32. The zero-order chi connectivity index (χ0) is 11.9. The summed E-state index contributed by atoms with van der Waals surface area (Å²) in [5.41, 5.74) is 0. The highest BCUT2D eigenvalue weighted by Gasteiger charge is 2.09. The molecular weight excluding hydrogens is 190 g/mol. The summed E-state index contributed by atoms with van der Waals surface area (Å²) in [5.74, 6) is -0.0881. The minimum Gasteiger partial charge on any atom is -0.331 e. The molecule has 4 heteroatoms. The fraction of sp³-hybridized carbons (Fsp3) is 0.909. The van der Waals surface area contributed by atoms with Gasteiger partial charge in [-0.15, -0.1) is 5.11 Å². The predicted molar refractivity (Wildman–Crippen MR) is 61.7 cm³/mol. The van der Waals surface area contributed by atoms with Gasteiger partial charge in [0.05, 0.1) is 34.2 Å². The van der Waals surface area contributed by atoms with Crippen molar-refractivity contribution in [3.63, 3.8) is 0 Å². The molecule has 0 saturated heterocycles. The Labute approximate surface area is 93.0 Å². The van der Waals surface area contributed by atoms with E-state index in [-0.39, 0.29) is 11.8 Å². The first-order valence-corrected chi connectivity index (χ1v) is 5.58. The Morgan fingerprint density at radius 1 is 1.33 bits per heavy atom. The molecule has 0 aromatic heterocycles. The number of carbonyl (C=O) groups is 1. The summed E-state index contributed by atoms with van der Waals surface area (Å²) in [6.07, 6.45) is 1.80. The van der Waals surface area contributed by atoms with E-state index in [1.54, 1.807) is 0 Å². The molecule has 1 amide bonds. The van der Waals surface area contributed by atoms with Gasteiger partial charge in [-0.25, -0.2) is 0 Å². The monoisotopic (exact) mass is 214 g/mol. The van der Waals surface area contributed by atoms with Gasteiger partial charge in [0.15, 0.2) is 0 Å². The van der Waals surface area contributed by atoms with Crippen LogP contribution >= 0.6 is 0 Å². The van der Waals surface area contributed by atoms with Crippen molar-refractivity contribution in [2.24, 2.45) is 16.1 Å². The van der Waals surface area contributed by atoms with Crippen molar-refractivity contribution in [2.45, 2.75) is 26.7 Å². The maximum Gasteiger partial charge on any atom is 0.267 e. The van der Waals surface area contributed by atoms with Gasteiger partial charge in [-0.2, -0.15) is 5.11 Å². The van der Waals surface area contributed by atoms with Gasteiger partial charge in [0, 0.05) is 12.3 Å². The van der Waals surface area contributed by atoms with Crippen molar-refractivity contribution in [3.05, 3.63) is 0 Å². The van der Waals surface area contributed by atoms with E-state index in [1.165, 1.54) is 0 Å². The molecule has 0 radical (unpaired) electrons. The van der Waals surface area contributed by atoms with E-state index in [4.69, 9.17) is 0 Å². The van der Waals surface area contributed by atoms with Gasteiger partial charge in [-0.05, 0) is 6.42 Å². The lowest BCUT2D eigenvalue weighted by Gasteiger charge is -2.22. The van der Waals surface area contributed by atoms with Crippen molar-refractivity contribution in [3.8, 4) is 0 Å². The largest absolute Gasteiger partial charge is 0.331 e. The van der Waals surface area contributed by atoms with E-state index in [1.807, 2.05) is 13.8 Å². The number of hydrogen-bond acceptors (Lipinski definition) is 2. The SMILES string of the molecule is CCC(C)C(=O)/N=N/CCC[N+](C)(C)C. The molecule has 0 aliphatic heterocycles. The lowest BCUT2D eigenvalue weighted by Crippen LogP contribution is -2.35. The molecule has 0 aromatic carbocycles. The van der Waals surface area contributed by atoms with Gasteiger partial charge in [0.25, 0.3) is 5.91 Å². The first-order chi connectivity index (χ1) is 6.87. The highest BCUT2D eigenvalue weighted by atomic mass is 16.1. The Bertz CT molecular complexity index is 218. The Morgan fingerprint density at radius 2 is 1.93 bits per heavy atom. The molecule has 0 spiro atoms. The van der Waals surface area contributed by atoms with Crippen molar-refractivity contribution >= 4 is 5.91 Å². The average Bonchev–Trinajstić information content (AvgIpc) is 2.14. The van der Waals surface area contributed by atoms with E-state index in [9.17, 15) is 4.79 Å². The van der Waals surface area contributed by atoms with Crippen LogP contribution in [0.1, 0.15) is 26.7 Å². The minimum atomic E-state index is -0.0947. The molecule has 0 saturated carbocycles. The van der Waals surface area contributed by atoms with Crippen LogP contribution in [0.3, 0.4) is 0 Å². The van der Waals surface area contributed by atoms with Gasteiger partial charge in [0.2, 0.25) is 0 Å². The van der Waals surface area contributed by atoms with Crippen molar-refractivity contribution in [1.29, 1.82) is 0 Å². The van der Waals surface area contributed by atoms with E-state index < -0.39 is 0 Å². The molecule has 1 unspecified atom stereocenters. The van der Waals surface area contributed by atoms with Gasteiger partial charge < -0.3 is 4.48 Å². The van der Waals surface area contributed by atoms with Crippen LogP contribution in [-0.2, 0) is 4.79 Å². The molecule has 0 N–H and O–H groups in total. The Morgan fingerprint density at radius 3 is 2.40 bits per heavy atom. The lowest BCUT2D eigenvalue weighted by atomic mass is 10.1. The summed E-state index contributed by atoms with van der Waals surface area (Å²) in [6.45, 7) is 5.57. The van der Waals surface area contributed by atoms with Crippen molar-refractivity contribution in [2.75, 3.05) is 34.2 Å². The number of hydrogen-bond donors (Lipinski definition) is 0. The van der Waals surface area contributed by atoms with Crippen LogP contribution in [0.25, 0.3) is 0 Å². The number of carbonyl (C=O) groups excluding carboxylic acids is 1.